The number of phenols is 2. The van der Waals surface area contributed by atoms with E-state index < -0.39 is 0 Å². The maximum absolute atomic E-state index is 12.2. The van der Waals surface area contributed by atoms with Crippen molar-refractivity contribution in [1.82, 2.24) is 5.32 Å². The molecule has 5 aromatic carbocycles. The van der Waals surface area contributed by atoms with E-state index >= 15 is 0 Å². The molecule has 4 N–H and O–H groups in total. The zero-order valence-corrected chi connectivity index (χ0v) is 19.6. The summed E-state index contributed by atoms with van der Waals surface area (Å²) in [6, 6.07) is 34.0. The molecule has 0 bridgehead atoms. The highest BCUT2D eigenvalue weighted by Gasteiger charge is 2.12. The quantitative estimate of drug-likeness (QED) is 0.218. The van der Waals surface area contributed by atoms with Crippen molar-refractivity contribution in [2.75, 3.05) is 5.32 Å². The van der Waals surface area contributed by atoms with Gasteiger partial charge in [0.05, 0.1) is 0 Å². The Hall–Kier alpha value is -4.77. The van der Waals surface area contributed by atoms with Crippen molar-refractivity contribution in [2.45, 2.75) is 13.0 Å². The number of carbonyl (C=O) groups excluding carboxylic acids is 1. The molecule has 5 heteroatoms. The lowest BCUT2D eigenvalue weighted by Crippen LogP contribution is -2.28. The van der Waals surface area contributed by atoms with Gasteiger partial charge in [-0.15, -0.1) is 0 Å². The second-order valence-electron chi connectivity index (χ2n) is 8.71. The SMILES string of the molecule is O=C(NCc1ccc(Cc2c(-c3ccc(O)cc3)ccc3cc(O)ccc23)cc1)Nc1ccccc1. The Balaban J connectivity index is 1.36. The van der Waals surface area contributed by atoms with Gasteiger partial charge in [0.2, 0.25) is 0 Å². The van der Waals surface area contributed by atoms with Gasteiger partial charge in [-0.25, -0.2) is 4.79 Å². The summed E-state index contributed by atoms with van der Waals surface area (Å²) in [5, 5.41) is 27.4. The molecule has 0 radical (unpaired) electrons. The lowest BCUT2D eigenvalue weighted by Gasteiger charge is -2.15. The third-order valence-electron chi connectivity index (χ3n) is 6.18. The van der Waals surface area contributed by atoms with Gasteiger partial charge in [-0.2, -0.15) is 0 Å². The van der Waals surface area contributed by atoms with Crippen LogP contribution < -0.4 is 10.6 Å². The van der Waals surface area contributed by atoms with Crippen LogP contribution in [0.1, 0.15) is 16.7 Å². The van der Waals surface area contributed by atoms with Crippen molar-refractivity contribution >= 4 is 22.5 Å². The lowest BCUT2D eigenvalue weighted by atomic mass is 9.90. The van der Waals surface area contributed by atoms with E-state index in [0.717, 1.165) is 44.3 Å². The van der Waals surface area contributed by atoms with Crippen molar-refractivity contribution in [2.24, 2.45) is 0 Å². The Morgan fingerprint density at radius 1 is 0.694 bits per heavy atom. The first kappa shape index (κ1) is 23.0. The van der Waals surface area contributed by atoms with Crippen LogP contribution in [0.15, 0.2) is 109 Å². The van der Waals surface area contributed by atoms with Crippen LogP contribution in [0.3, 0.4) is 0 Å². The molecule has 0 fully saturated rings. The summed E-state index contributed by atoms with van der Waals surface area (Å²) < 4.78 is 0. The molecule has 0 aromatic heterocycles. The van der Waals surface area contributed by atoms with E-state index in [4.69, 9.17) is 0 Å². The Kier molecular flexibility index (Phi) is 6.54. The number of urea groups is 1. The first-order valence-electron chi connectivity index (χ1n) is 11.8. The van der Waals surface area contributed by atoms with Crippen molar-refractivity contribution in [3.8, 4) is 22.6 Å². The second-order valence-corrected chi connectivity index (χ2v) is 8.71. The molecule has 0 aliphatic rings. The monoisotopic (exact) mass is 474 g/mol. The summed E-state index contributed by atoms with van der Waals surface area (Å²) in [4.78, 5) is 12.2. The van der Waals surface area contributed by atoms with E-state index in [1.165, 1.54) is 0 Å². The van der Waals surface area contributed by atoms with Gasteiger partial charge in [-0.1, -0.05) is 72.8 Å². The molecule has 0 aliphatic carbocycles. The summed E-state index contributed by atoms with van der Waals surface area (Å²) in [5.74, 6) is 0.464. The predicted molar refractivity (Wildman–Crippen MR) is 144 cm³/mol. The van der Waals surface area contributed by atoms with Gasteiger partial charge in [-0.3, -0.25) is 0 Å². The summed E-state index contributed by atoms with van der Waals surface area (Å²) >= 11 is 0. The third kappa shape index (κ3) is 5.31. The van der Waals surface area contributed by atoms with Crippen LogP contribution in [-0.4, -0.2) is 16.2 Å². The molecule has 0 atom stereocenters. The summed E-state index contributed by atoms with van der Waals surface area (Å²) in [6.07, 6.45) is 0.695. The molecule has 0 saturated carbocycles. The molecular weight excluding hydrogens is 448 g/mol. The number of phenolic OH excluding ortho intramolecular Hbond substituents is 2. The van der Waals surface area contributed by atoms with E-state index in [2.05, 4.69) is 28.8 Å². The Bertz CT molecular complexity index is 1500. The molecule has 36 heavy (non-hydrogen) atoms. The minimum atomic E-state index is -0.247. The van der Waals surface area contributed by atoms with Crippen molar-refractivity contribution < 1.29 is 15.0 Å². The van der Waals surface area contributed by atoms with E-state index in [-0.39, 0.29) is 17.5 Å². The molecule has 0 saturated heterocycles. The molecule has 5 aromatic rings. The number of anilines is 1. The highest BCUT2D eigenvalue weighted by Crippen LogP contribution is 2.34. The number of rotatable bonds is 6. The maximum Gasteiger partial charge on any atom is 0.319 e. The number of benzene rings is 5. The molecule has 0 heterocycles. The molecule has 5 rings (SSSR count). The van der Waals surface area contributed by atoms with E-state index in [1.807, 2.05) is 66.7 Å². The van der Waals surface area contributed by atoms with Crippen LogP contribution in [0.5, 0.6) is 11.5 Å². The fourth-order valence-corrected chi connectivity index (χ4v) is 4.34. The molecule has 178 valence electrons. The molecular formula is C31H26N2O3. The minimum absolute atomic E-state index is 0.229. The van der Waals surface area contributed by atoms with Gasteiger partial charge in [0, 0.05) is 12.2 Å². The Labute approximate surface area is 209 Å². The molecule has 0 aliphatic heterocycles. The highest BCUT2D eigenvalue weighted by molar-refractivity contribution is 5.93. The summed E-state index contributed by atoms with van der Waals surface area (Å²) in [5.41, 5.74) is 6.13. The molecule has 5 nitrogen and oxygen atoms in total. The van der Waals surface area contributed by atoms with Crippen molar-refractivity contribution in [1.29, 1.82) is 0 Å². The number of hydrogen-bond acceptors (Lipinski definition) is 3. The predicted octanol–water partition coefficient (Wildman–Crippen LogP) is 6.83. The summed E-state index contributed by atoms with van der Waals surface area (Å²) in [7, 11) is 0. The second kappa shape index (κ2) is 10.2. The number of aromatic hydroxyl groups is 2. The van der Waals surface area contributed by atoms with Gasteiger partial charge in [0.25, 0.3) is 0 Å². The van der Waals surface area contributed by atoms with Crippen LogP contribution in [-0.2, 0) is 13.0 Å². The smallest absolute Gasteiger partial charge is 0.319 e. The van der Waals surface area contributed by atoms with E-state index in [1.54, 1.807) is 24.3 Å². The zero-order chi connectivity index (χ0) is 24.9. The maximum atomic E-state index is 12.2. The normalized spacial score (nSPS) is 10.8. The van der Waals surface area contributed by atoms with Gasteiger partial charge in [0.15, 0.2) is 0 Å². The fourth-order valence-electron chi connectivity index (χ4n) is 4.34. The van der Waals surface area contributed by atoms with Crippen LogP contribution in [0.25, 0.3) is 21.9 Å². The van der Waals surface area contributed by atoms with Crippen molar-refractivity contribution in [3.05, 3.63) is 126 Å². The number of para-hydroxylation sites is 1. The number of carbonyl (C=O) groups is 1. The van der Waals surface area contributed by atoms with Crippen LogP contribution >= 0.6 is 0 Å². The van der Waals surface area contributed by atoms with Crippen LogP contribution in [0.2, 0.25) is 0 Å². The van der Waals surface area contributed by atoms with E-state index in [9.17, 15) is 15.0 Å². The Morgan fingerprint density at radius 2 is 1.39 bits per heavy atom. The topological polar surface area (TPSA) is 81.6 Å². The molecule has 0 unspecified atom stereocenters. The average Bonchev–Trinajstić information content (AvgIpc) is 2.89. The number of hydrogen-bond donors (Lipinski definition) is 4. The van der Waals surface area contributed by atoms with E-state index in [0.29, 0.717) is 13.0 Å². The number of amides is 2. The number of fused-ring (bicyclic) bond motifs is 1. The molecule has 2 amide bonds. The first-order chi connectivity index (χ1) is 17.5. The average molecular weight is 475 g/mol. The lowest BCUT2D eigenvalue weighted by molar-refractivity contribution is 0.251. The van der Waals surface area contributed by atoms with Gasteiger partial charge in [-0.05, 0) is 81.4 Å². The largest absolute Gasteiger partial charge is 0.508 e. The highest BCUT2D eigenvalue weighted by atomic mass is 16.3. The van der Waals surface area contributed by atoms with Crippen molar-refractivity contribution in [3.63, 3.8) is 0 Å². The standard InChI is InChI=1S/C31H26N2O3/c34-26-13-10-23(11-14-26)28-16-12-24-19-27(35)15-17-29(24)30(28)18-21-6-8-22(9-7-21)20-32-31(36)33-25-4-2-1-3-5-25/h1-17,19,34-35H,18,20H2,(H2,32,33,36). The summed E-state index contributed by atoms with van der Waals surface area (Å²) in [6.45, 7) is 0.422. The van der Waals surface area contributed by atoms with Gasteiger partial charge < -0.3 is 20.8 Å². The van der Waals surface area contributed by atoms with Crippen LogP contribution in [0, 0.1) is 0 Å². The zero-order valence-electron chi connectivity index (χ0n) is 19.6. The third-order valence-corrected chi connectivity index (χ3v) is 6.18. The van der Waals surface area contributed by atoms with Gasteiger partial charge >= 0.3 is 6.03 Å². The first-order valence-corrected chi connectivity index (χ1v) is 11.8. The van der Waals surface area contributed by atoms with Gasteiger partial charge in [0.1, 0.15) is 11.5 Å². The number of nitrogens with one attached hydrogen (secondary N) is 2. The molecule has 0 spiro atoms. The fraction of sp³-hybridized carbons (Fsp3) is 0.0645. The minimum Gasteiger partial charge on any atom is -0.508 e. The Morgan fingerprint density at radius 3 is 2.14 bits per heavy atom. The van der Waals surface area contributed by atoms with Crippen LogP contribution in [0.4, 0.5) is 10.5 Å².